The maximum atomic E-state index is 12.5. The van der Waals surface area contributed by atoms with Crippen LogP contribution < -0.4 is 5.73 Å². The van der Waals surface area contributed by atoms with E-state index < -0.39 is 0 Å². The zero-order valence-electron chi connectivity index (χ0n) is 12.4. The van der Waals surface area contributed by atoms with Crippen LogP contribution in [0, 0.1) is 11.8 Å². The highest BCUT2D eigenvalue weighted by Crippen LogP contribution is 2.29. The minimum Gasteiger partial charge on any atom is -0.342 e. The Bertz CT molecular complexity index is 465. The highest BCUT2D eigenvalue weighted by atomic mass is 35.5. The average Bonchev–Trinajstić information content (AvgIpc) is 3.08. The monoisotopic (exact) mass is 308 g/mol. The zero-order chi connectivity index (χ0) is 13.9. The largest absolute Gasteiger partial charge is 0.342 e. The number of benzene rings is 1. The van der Waals surface area contributed by atoms with Gasteiger partial charge in [0.15, 0.2) is 0 Å². The third kappa shape index (κ3) is 3.78. The van der Waals surface area contributed by atoms with Crippen molar-refractivity contribution in [3.8, 4) is 0 Å². The summed E-state index contributed by atoms with van der Waals surface area (Å²) in [6, 6.07) is 10.7. The first-order valence-electron chi connectivity index (χ1n) is 7.82. The van der Waals surface area contributed by atoms with E-state index in [9.17, 15) is 4.79 Å². The van der Waals surface area contributed by atoms with Gasteiger partial charge >= 0.3 is 0 Å². The van der Waals surface area contributed by atoms with E-state index in [-0.39, 0.29) is 24.4 Å². The van der Waals surface area contributed by atoms with Crippen molar-refractivity contribution in [3.05, 3.63) is 35.9 Å². The summed E-state index contributed by atoms with van der Waals surface area (Å²) in [5.74, 6) is 1.01. The number of nitrogens with zero attached hydrogens (tertiary/aromatic N) is 1. The maximum absolute atomic E-state index is 12.5. The quantitative estimate of drug-likeness (QED) is 0.933. The van der Waals surface area contributed by atoms with Crippen LogP contribution in [0.4, 0.5) is 0 Å². The van der Waals surface area contributed by atoms with E-state index in [1.54, 1.807) is 0 Å². The van der Waals surface area contributed by atoms with Gasteiger partial charge in [-0.2, -0.15) is 0 Å². The maximum Gasteiger partial charge on any atom is 0.227 e. The van der Waals surface area contributed by atoms with E-state index in [0.717, 1.165) is 45.2 Å². The van der Waals surface area contributed by atoms with Crippen molar-refractivity contribution in [3.63, 3.8) is 0 Å². The van der Waals surface area contributed by atoms with Crippen molar-refractivity contribution < 1.29 is 4.79 Å². The number of nitrogens with two attached hydrogens (primary N) is 1. The third-order valence-corrected chi connectivity index (χ3v) is 4.85. The number of likely N-dealkylation sites (tertiary alicyclic amines) is 1. The molecule has 2 N–H and O–H groups in total. The highest BCUT2D eigenvalue weighted by molar-refractivity contribution is 5.85. The molecule has 1 heterocycles. The molecule has 21 heavy (non-hydrogen) atoms. The van der Waals surface area contributed by atoms with Crippen molar-refractivity contribution in [2.75, 3.05) is 13.1 Å². The van der Waals surface area contributed by atoms with E-state index in [1.807, 2.05) is 0 Å². The summed E-state index contributed by atoms with van der Waals surface area (Å²) in [5, 5.41) is 0. The average molecular weight is 309 g/mol. The molecule has 1 saturated carbocycles. The molecule has 3 rings (SSSR count). The van der Waals surface area contributed by atoms with Crippen LogP contribution in [0.25, 0.3) is 0 Å². The van der Waals surface area contributed by atoms with Gasteiger partial charge in [-0.25, -0.2) is 0 Å². The normalized spacial score (nSPS) is 28.4. The summed E-state index contributed by atoms with van der Waals surface area (Å²) in [5.41, 5.74) is 7.44. The predicted molar refractivity (Wildman–Crippen MR) is 87.4 cm³/mol. The molecule has 4 heteroatoms. The molecular formula is C17H25ClN2O. The van der Waals surface area contributed by atoms with Crippen molar-refractivity contribution in [2.24, 2.45) is 17.6 Å². The molecule has 1 amide bonds. The van der Waals surface area contributed by atoms with Gasteiger partial charge in [0.1, 0.15) is 0 Å². The van der Waals surface area contributed by atoms with Crippen LogP contribution in [0.5, 0.6) is 0 Å². The molecule has 3 unspecified atom stereocenters. The summed E-state index contributed by atoms with van der Waals surface area (Å²) in [7, 11) is 0. The number of halogens is 1. The molecule has 3 nitrogen and oxygen atoms in total. The molecule has 0 spiro atoms. The fourth-order valence-corrected chi connectivity index (χ4v) is 3.68. The number of hydrogen-bond acceptors (Lipinski definition) is 2. The van der Waals surface area contributed by atoms with Crippen molar-refractivity contribution in [2.45, 2.75) is 38.1 Å². The van der Waals surface area contributed by atoms with E-state index in [4.69, 9.17) is 5.73 Å². The summed E-state index contributed by atoms with van der Waals surface area (Å²) in [6.07, 6.45) is 5.32. The standard InChI is InChI=1S/C17H24N2O.ClH/c18-16-8-4-7-15(16)17(20)19-10-9-14(12-19)11-13-5-2-1-3-6-13;/h1-3,5-6,14-16H,4,7-12,18H2;1H. The SMILES string of the molecule is Cl.NC1CCCC1C(=O)N1CCC(Cc2ccccc2)C1. The number of carbonyl (C=O) groups is 1. The Hall–Kier alpha value is -1.06. The van der Waals surface area contributed by atoms with Crippen LogP contribution in [0.1, 0.15) is 31.2 Å². The summed E-state index contributed by atoms with van der Waals surface area (Å²) < 4.78 is 0. The minimum absolute atomic E-state index is 0. The Morgan fingerprint density at radius 2 is 1.95 bits per heavy atom. The Kier molecular flexibility index (Phi) is 5.65. The molecule has 0 radical (unpaired) electrons. The van der Waals surface area contributed by atoms with Gasteiger partial charge in [-0.15, -0.1) is 12.4 Å². The fourth-order valence-electron chi connectivity index (χ4n) is 3.68. The Morgan fingerprint density at radius 1 is 1.19 bits per heavy atom. The molecule has 1 aliphatic heterocycles. The van der Waals surface area contributed by atoms with Gasteiger partial charge in [0.25, 0.3) is 0 Å². The van der Waals surface area contributed by atoms with Crippen LogP contribution >= 0.6 is 12.4 Å². The first-order chi connectivity index (χ1) is 9.74. The second-order valence-corrected chi connectivity index (χ2v) is 6.33. The van der Waals surface area contributed by atoms with Crippen LogP contribution in [-0.2, 0) is 11.2 Å². The zero-order valence-corrected chi connectivity index (χ0v) is 13.2. The Morgan fingerprint density at radius 3 is 2.62 bits per heavy atom. The Labute approximate surface area is 133 Å². The van der Waals surface area contributed by atoms with Gasteiger partial charge < -0.3 is 10.6 Å². The number of hydrogen-bond donors (Lipinski definition) is 1. The molecule has 1 aliphatic carbocycles. The summed E-state index contributed by atoms with van der Waals surface area (Å²) >= 11 is 0. The molecule has 2 aliphatic rings. The molecule has 1 aromatic rings. The van der Waals surface area contributed by atoms with E-state index >= 15 is 0 Å². The smallest absolute Gasteiger partial charge is 0.227 e. The van der Waals surface area contributed by atoms with Crippen molar-refractivity contribution in [1.29, 1.82) is 0 Å². The first kappa shape index (κ1) is 16.3. The predicted octanol–water partition coefficient (Wildman–Crippen LogP) is 2.63. The number of amides is 1. The molecule has 2 fully saturated rings. The van der Waals surface area contributed by atoms with Crippen LogP contribution in [0.2, 0.25) is 0 Å². The second kappa shape index (κ2) is 7.28. The first-order valence-corrected chi connectivity index (χ1v) is 7.82. The lowest BCUT2D eigenvalue weighted by Gasteiger charge is -2.23. The van der Waals surface area contributed by atoms with Gasteiger partial charge in [0, 0.05) is 19.1 Å². The highest BCUT2D eigenvalue weighted by Gasteiger charge is 2.36. The van der Waals surface area contributed by atoms with Crippen LogP contribution in [-0.4, -0.2) is 29.9 Å². The second-order valence-electron chi connectivity index (χ2n) is 6.33. The van der Waals surface area contributed by atoms with Gasteiger partial charge in [-0.3, -0.25) is 4.79 Å². The van der Waals surface area contributed by atoms with Gasteiger partial charge in [-0.05, 0) is 37.2 Å². The lowest BCUT2D eigenvalue weighted by atomic mass is 9.99. The lowest BCUT2D eigenvalue weighted by Crippen LogP contribution is -2.40. The van der Waals surface area contributed by atoms with Crippen LogP contribution in [0.15, 0.2) is 30.3 Å². The third-order valence-electron chi connectivity index (χ3n) is 4.85. The van der Waals surface area contributed by atoms with Gasteiger partial charge in [0.05, 0.1) is 5.92 Å². The van der Waals surface area contributed by atoms with E-state index in [2.05, 4.69) is 35.2 Å². The molecule has 3 atom stereocenters. The van der Waals surface area contributed by atoms with E-state index in [1.165, 1.54) is 5.56 Å². The van der Waals surface area contributed by atoms with Crippen LogP contribution in [0.3, 0.4) is 0 Å². The molecule has 1 aromatic carbocycles. The van der Waals surface area contributed by atoms with Crippen molar-refractivity contribution in [1.82, 2.24) is 4.90 Å². The number of rotatable bonds is 3. The van der Waals surface area contributed by atoms with Gasteiger partial charge in [-0.1, -0.05) is 36.8 Å². The molecule has 1 saturated heterocycles. The lowest BCUT2D eigenvalue weighted by molar-refractivity contribution is -0.134. The molecule has 0 aromatic heterocycles. The Balaban J connectivity index is 0.00000161. The summed E-state index contributed by atoms with van der Waals surface area (Å²) in [6.45, 7) is 1.83. The summed E-state index contributed by atoms with van der Waals surface area (Å²) in [4.78, 5) is 14.6. The van der Waals surface area contributed by atoms with E-state index in [0.29, 0.717) is 11.8 Å². The fraction of sp³-hybridized carbons (Fsp3) is 0.588. The molecule has 116 valence electrons. The molecule has 0 bridgehead atoms. The van der Waals surface area contributed by atoms with Crippen molar-refractivity contribution >= 4 is 18.3 Å². The topological polar surface area (TPSA) is 46.3 Å². The van der Waals surface area contributed by atoms with Gasteiger partial charge in [0.2, 0.25) is 5.91 Å². The molecular weight excluding hydrogens is 284 g/mol. The minimum atomic E-state index is 0. The number of carbonyl (C=O) groups excluding carboxylic acids is 1.